The summed E-state index contributed by atoms with van der Waals surface area (Å²) >= 11 is 5.52. The zero-order valence-electron chi connectivity index (χ0n) is 9.06. The van der Waals surface area contributed by atoms with Crippen molar-refractivity contribution in [2.24, 2.45) is 0 Å². The molecule has 2 N–H and O–H groups in total. The van der Waals surface area contributed by atoms with Gasteiger partial charge in [-0.15, -0.1) is 0 Å². The minimum Gasteiger partial charge on any atom is -0.464 e. The van der Waals surface area contributed by atoms with Gasteiger partial charge in [0.1, 0.15) is 11.9 Å². The van der Waals surface area contributed by atoms with Crippen LogP contribution in [0.4, 0.5) is 4.39 Å². The van der Waals surface area contributed by atoms with Gasteiger partial charge in [-0.1, -0.05) is 23.7 Å². The summed E-state index contributed by atoms with van der Waals surface area (Å²) in [6.07, 6.45) is -3.56. The first-order valence-electron chi connectivity index (χ1n) is 4.95. The second-order valence-corrected chi connectivity index (χ2v) is 3.69. The van der Waals surface area contributed by atoms with E-state index in [1.807, 2.05) is 0 Å². The largest absolute Gasteiger partial charge is 0.464 e. The van der Waals surface area contributed by atoms with E-state index in [0.29, 0.717) is 0 Å². The molecule has 0 aliphatic rings. The standard InChI is InChI=1S/C11H12ClFO4/c1-2-17-11(16)10(15)9(14)6-4-3-5-7(12)8(6)13/h3-5,9-10,14-15H,2H2,1H3. The summed E-state index contributed by atoms with van der Waals surface area (Å²) in [6, 6.07) is 3.93. The molecule has 0 aliphatic carbocycles. The van der Waals surface area contributed by atoms with E-state index in [-0.39, 0.29) is 17.2 Å². The molecular formula is C11H12ClFO4. The van der Waals surface area contributed by atoms with E-state index in [9.17, 15) is 19.4 Å². The Morgan fingerprint density at radius 3 is 2.76 bits per heavy atom. The highest BCUT2D eigenvalue weighted by Crippen LogP contribution is 2.25. The molecule has 0 radical (unpaired) electrons. The van der Waals surface area contributed by atoms with Crippen molar-refractivity contribution in [3.05, 3.63) is 34.6 Å². The van der Waals surface area contributed by atoms with Gasteiger partial charge in [-0.3, -0.25) is 0 Å². The van der Waals surface area contributed by atoms with Gasteiger partial charge in [0.05, 0.1) is 11.6 Å². The van der Waals surface area contributed by atoms with Crippen LogP contribution in [-0.4, -0.2) is 28.9 Å². The van der Waals surface area contributed by atoms with E-state index in [1.165, 1.54) is 18.2 Å². The summed E-state index contributed by atoms with van der Waals surface area (Å²) in [5.41, 5.74) is -0.252. The maximum absolute atomic E-state index is 13.5. The predicted octanol–water partition coefficient (Wildman–Crippen LogP) is 1.44. The number of benzene rings is 1. The predicted molar refractivity (Wildman–Crippen MR) is 59.0 cm³/mol. The second kappa shape index (κ2) is 5.95. The monoisotopic (exact) mass is 262 g/mol. The molecule has 0 aromatic heterocycles. The van der Waals surface area contributed by atoms with E-state index in [4.69, 9.17) is 11.6 Å². The third kappa shape index (κ3) is 3.15. The fourth-order valence-electron chi connectivity index (χ4n) is 1.28. The molecule has 0 aliphatic heterocycles. The van der Waals surface area contributed by atoms with Crippen LogP contribution < -0.4 is 0 Å². The van der Waals surface area contributed by atoms with Gasteiger partial charge in [0, 0.05) is 5.56 Å². The first kappa shape index (κ1) is 13.9. The van der Waals surface area contributed by atoms with Crippen molar-refractivity contribution in [3.8, 4) is 0 Å². The van der Waals surface area contributed by atoms with Gasteiger partial charge in [0.2, 0.25) is 0 Å². The minimum absolute atomic E-state index is 0.0562. The zero-order chi connectivity index (χ0) is 13.0. The average Bonchev–Trinajstić information content (AvgIpc) is 2.31. The van der Waals surface area contributed by atoms with Crippen LogP contribution in [0.1, 0.15) is 18.6 Å². The molecule has 0 fully saturated rings. The van der Waals surface area contributed by atoms with Crippen molar-refractivity contribution in [3.63, 3.8) is 0 Å². The molecule has 4 nitrogen and oxygen atoms in total. The lowest BCUT2D eigenvalue weighted by Gasteiger charge is -2.17. The number of esters is 1. The van der Waals surface area contributed by atoms with Gasteiger partial charge in [-0.2, -0.15) is 0 Å². The molecule has 0 heterocycles. The summed E-state index contributed by atoms with van der Waals surface area (Å²) in [6.45, 7) is 1.61. The Bertz CT molecular complexity index is 410. The van der Waals surface area contributed by atoms with Gasteiger partial charge in [0.25, 0.3) is 0 Å². The molecule has 2 atom stereocenters. The number of aliphatic hydroxyl groups is 2. The highest BCUT2D eigenvalue weighted by Gasteiger charge is 2.29. The maximum atomic E-state index is 13.5. The summed E-state index contributed by atoms with van der Waals surface area (Å²) < 4.78 is 18.0. The lowest BCUT2D eigenvalue weighted by atomic mass is 10.0. The molecule has 1 aromatic carbocycles. The molecule has 6 heteroatoms. The maximum Gasteiger partial charge on any atom is 0.338 e. The van der Waals surface area contributed by atoms with E-state index >= 15 is 0 Å². The number of aliphatic hydroxyl groups excluding tert-OH is 2. The van der Waals surface area contributed by atoms with Crippen LogP contribution in [0.25, 0.3) is 0 Å². The van der Waals surface area contributed by atoms with Gasteiger partial charge in [-0.25, -0.2) is 9.18 Å². The number of carbonyl (C=O) groups excluding carboxylic acids is 1. The fourth-order valence-corrected chi connectivity index (χ4v) is 1.46. The minimum atomic E-state index is -1.84. The Labute approximate surface area is 103 Å². The molecule has 17 heavy (non-hydrogen) atoms. The van der Waals surface area contributed by atoms with Crippen LogP contribution >= 0.6 is 11.6 Å². The van der Waals surface area contributed by atoms with Crippen LogP contribution in [0.15, 0.2) is 18.2 Å². The lowest BCUT2D eigenvalue weighted by Crippen LogP contribution is -2.30. The number of hydrogen-bond acceptors (Lipinski definition) is 4. The molecular weight excluding hydrogens is 251 g/mol. The Morgan fingerprint density at radius 2 is 2.18 bits per heavy atom. The Kier molecular flexibility index (Phi) is 4.86. The van der Waals surface area contributed by atoms with Gasteiger partial charge in [0.15, 0.2) is 6.10 Å². The molecule has 94 valence electrons. The average molecular weight is 263 g/mol. The van der Waals surface area contributed by atoms with Crippen molar-refractivity contribution in [1.82, 2.24) is 0 Å². The summed E-state index contributed by atoms with van der Waals surface area (Å²) in [5, 5.41) is 18.9. The van der Waals surface area contributed by atoms with E-state index in [2.05, 4.69) is 4.74 Å². The first-order chi connectivity index (χ1) is 7.99. The van der Waals surface area contributed by atoms with Crippen LogP contribution in [0.2, 0.25) is 5.02 Å². The summed E-state index contributed by atoms with van der Waals surface area (Å²) in [5.74, 6) is -1.88. The first-order valence-corrected chi connectivity index (χ1v) is 5.33. The molecule has 0 saturated heterocycles. The fraction of sp³-hybridized carbons (Fsp3) is 0.364. The van der Waals surface area contributed by atoms with E-state index in [1.54, 1.807) is 6.92 Å². The van der Waals surface area contributed by atoms with Crippen LogP contribution in [0.3, 0.4) is 0 Å². The van der Waals surface area contributed by atoms with E-state index in [0.717, 1.165) is 0 Å². The molecule has 2 unspecified atom stereocenters. The Morgan fingerprint density at radius 1 is 1.53 bits per heavy atom. The van der Waals surface area contributed by atoms with Crippen molar-refractivity contribution in [2.75, 3.05) is 6.61 Å². The molecule has 0 bridgehead atoms. The van der Waals surface area contributed by atoms with Crippen LogP contribution in [0, 0.1) is 5.82 Å². The number of halogens is 2. The Hall–Kier alpha value is -1.17. The van der Waals surface area contributed by atoms with Gasteiger partial charge in [-0.05, 0) is 13.0 Å². The van der Waals surface area contributed by atoms with Crippen LogP contribution in [-0.2, 0) is 9.53 Å². The highest BCUT2D eigenvalue weighted by molar-refractivity contribution is 6.30. The van der Waals surface area contributed by atoms with Crippen molar-refractivity contribution >= 4 is 17.6 Å². The van der Waals surface area contributed by atoms with Gasteiger partial charge >= 0.3 is 5.97 Å². The normalized spacial score (nSPS) is 14.2. The molecule has 0 saturated carbocycles. The number of ether oxygens (including phenoxy) is 1. The number of hydrogen-bond donors (Lipinski definition) is 2. The molecule has 1 rings (SSSR count). The molecule has 0 spiro atoms. The third-order valence-electron chi connectivity index (χ3n) is 2.13. The summed E-state index contributed by atoms with van der Waals surface area (Å²) in [4.78, 5) is 11.2. The molecule has 0 amide bonds. The number of rotatable bonds is 4. The van der Waals surface area contributed by atoms with Crippen molar-refractivity contribution in [1.29, 1.82) is 0 Å². The third-order valence-corrected chi connectivity index (χ3v) is 2.42. The summed E-state index contributed by atoms with van der Waals surface area (Å²) in [7, 11) is 0. The smallest absolute Gasteiger partial charge is 0.338 e. The zero-order valence-corrected chi connectivity index (χ0v) is 9.82. The topological polar surface area (TPSA) is 66.8 Å². The van der Waals surface area contributed by atoms with Crippen molar-refractivity contribution < 1.29 is 24.1 Å². The second-order valence-electron chi connectivity index (χ2n) is 3.28. The molecule has 1 aromatic rings. The van der Waals surface area contributed by atoms with E-state index < -0.39 is 24.0 Å². The van der Waals surface area contributed by atoms with Crippen molar-refractivity contribution in [2.45, 2.75) is 19.1 Å². The number of carbonyl (C=O) groups is 1. The van der Waals surface area contributed by atoms with Gasteiger partial charge < -0.3 is 14.9 Å². The Balaban J connectivity index is 2.92. The highest BCUT2D eigenvalue weighted by atomic mass is 35.5. The SMILES string of the molecule is CCOC(=O)C(O)C(O)c1cccc(Cl)c1F. The quantitative estimate of drug-likeness (QED) is 0.806. The van der Waals surface area contributed by atoms with Crippen LogP contribution in [0.5, 0.6) is 0 Å². The lowest BCUT2D eigenvalue weighted by molar-refractivity contribution is -0.159.